The molecule has 0 saturated heterocycles. The molecule has 0 N–H and O–H groups in total. The summed E-state index contributed by atoms with van der Waals surface area (Å²) in [5.74, 6) is 3.15. The number of fused-ring (bicyclic) bond motifs is 4. The molecule has 0 radical (unpaired) electrons. The van der Waals surface area contributed by atoms with Crippen molar-refractivity contribution >= 4 is 0 Å². The van der Waals surface area contributed by atoms with Crippen LogP contribution >= 0.6 is 0 Å². The van der Waals surface area contributed by atoms with E-state index in [0.29, 0.717) is 0 Å². The average Bonchev–Trinajstić information content (AvgIpc) is 3.76. The number of rotatable bonds is 5. The highest BCUT2D eigenvalue weighted by Gasteiger charge is 2.57. The summed E-state index contributed by atoms with van der Waals surface area (Å²) >= 11 is 0. The summed E-state index contributed by atoms with van der Waals surface area (Å²) in [6, 6.07) is 42.3. The minimum absolute atomic E-state index is 0.216. The monoisotopic (exact) mass is 494 g/mol. The summed E-state index contributed by atoms with van der Waals surface area (Å²) in [6.07, 6.45) is 11.1. The van der Waals surface area contributed by atoms with Gasteiger partial charge in [-0.1, -0.05) is 109 Å². The highest BCUT2D eigenvalue weighted by Crippen LogP contribution is 2.63. The Morgan fingerprint density at radius 1 is 0.316 bits per heavy atom. The van der Waals surface area contributed by atoms with E-state index in [2.05, 4.69) is 109 Å². The first-order valence-electron chi connectivity index (χ1n) is 15.1. The summed E-state index contributed by atoms with van der Waals surface area (Å²) in [7, 11) is 0. The van der Waals surface area contributed by atoms with Gasteiger partial charge in [0, 0.05) is 10.8 Å². The molecule has 4 aliphatic rings. The summed E-state index contributed by atoms with van der Waals surface area (Å²) in [6.45, 7) is 0. The molecule has 190 valence electrons. The van der Waals surface area contributed by atoms with Gasteiger partial charge in [-0.3, -0.25) is 0 Å². The molecule has 0 amide bonds. The zero-order valence-corrected chi connectivity index (χ0v) is 22.4. The number of hydrogen-bond acceptors (Lipinski definition) is 0. The molecule has 0 atom stereocenters. The van der Waals surface area contributed by atoms with Crippen LogP contribution in [0.15, 0.2) is 109 Å². The molecule has 0 aliphatic heterocycles. The lowest BCUT2D eigenvalue weighted by Crippen LogP contribution is -2.33. The van der Waals surface area contributed by atoms with E-state index >= 15 is 0 Å². The van der Waals surface area contributed by atoms with E-state index in [1.807, 2.05) is 0 Å². The van der Waals surface area contributed by atoms with Gasteiger partial charge < -0.3 is 0 Å². The Morgan fingerprint density at radius 3 is 0.868 bits per heavy atom. The van der Waals surface area contributed by atoms with E-state index in [-0.39, 0.29) is 10.8 Å². The van der Waals surface area contributed by atoms with Gasteiger partial charge in [-0.15, -0.1) is 0 Å². The van der Waals surface area contributed by atoms with Crippen molar-refractivity contribution in [2.45, 2.75) is 62.2 Å². The lowest BCUT2D eigenvalue weighted by Gasteiger charge is -2.36. The zero-order valence-electron chi connectivity index (χ0n) is 22.4. The number of hydrogen-bond donors (Lipinski definition) is 0. The predicted molar refractivity (Wildman–Crippen MR) is 157 cm³/mol. The second-order valence-corrected chi connectivity index (χ2v) is 12.7. The molecule has 38 heavy (non-hydrogen) atoms. The van der Waals surface area contributed by atoms with Crippen LogP contribution in [0.5, 0.6) is 0 Å². The van der Waals surface area contributed by atoms with Crippen molar-refractivity contribution < 1.29 is 0 Å². The van der Waals surface area contributed by atoms with Gasteiger partial charge in [0.1, 0.15) is 0 Å². The van der Waals surface area contributed by atoms with E-state index in [4.69, 9.17) is 0 Å². The minimum atomic E-state index is 0.216. The van der Waals surface area contributed by atoms with Crippen molar-refractivity contribution in [1.29, 1.82) is 0 Å². The highest BCUT2D eigenvalue weighted by molar-refractivity contribution is 5.65. The molecule has 4 aromatic carbocycles. The molecule has 0 unspecified atom stereocenters. The van der Waals surface area contributed by atoms with Crippen LogP contribution in [0, 0.1) is 23.7 Å². The van der Waals surface area contributed by atoms with E-state index < -0.39 is 0 Å². The maximum atomic E-state index is 2.47. The van der Waals surface area contributed by atoms with Crippen LogP contribution in [-0.2, 0) is 10.8 Å². The fourth-order valence-electron chi connectivity index (χ4n) is 10.2. The zero-order chi connectivity index (χ0) is 25.2. The Hall–Kier alpha value is -3.12. The molecule has 0 nitrogen and oxygen atoms in total. The minimum Gasteiger partial charge on any atom is -0.0622 e. The second-order valence-electron chi connectivity index (χ2n) is 12.7. The molecule has 4 aromatic rings. The third-order valence-electron chi connectivity index (χ3n) is 11.6. The van der Waals surface area contributed by atoms with E-state index in [0.717, 1.165) is 23.7 Å². The molecule has 4 saturated carbocycles. The van der Waals surface area contributed by atoms with Gasteiger partial charge in [0.15, 0.2) is 0 Å². The van der Waals surface area contributed by atoms with Crippen LogP contribution < -0.4 is 0 Å². The third kappa shape index (κ3) is 3.04. The average molecular weight is 495 g/mol. The first-order chi connectivity index (χ1) is 18.8. The summed E-state index contributed by atoms with van der Waals surface area (Å²) in [4.78, 5) is 0. The van der Waals surface area contributed by atoms with Crippen molar-refractivity contribution in [2.75, 3.05) is 0 Å². The van der Waals surface area contributed by atoms with Crippen LogP contribution in [0.4, 0.5) is 0 Å². The van der Waals surface area contributed by atoms with Crippen molar-refractivity contribution in [3.8, 4) is 11.1 Å². The highest BCUT2D eigenvalue weighted by atomic mass is 14.6. The molecule has 8 rings (SSSR count). The fraction of sp³-hybridized carbons (Fsp3) is 0.368. The summed E-state index contributed by atoms with van der Waals surface area (Å²) < 4.78 is 0. The van der Waals surface area contributed by atoms with Gasteiger partial charge in [-0.05, 0) is 108 Å². The lowest BCUT2D eigenvalue weighted by atomic mass is 9.66. The maximum absolute atomic E-state index is 2.47. The standard InChI is InChI=1S/C38H38/c1-3-7-29(8-4-1)37(33-19-20-34(37)22-21-33)31-15-11-27(12-16-31)28-13-17-32(18-14-28)38(30-9-5-2-6-10-30)35-23-24-36(38)26-25-35/h1-18,33-36H,19-26H2. The van der Waals surface area contributed by atoms with E-state index in [9.17, 15) is 0 Å². The van der Waals surface area contributed by atoms with Crippen molar-refractivity contribution in [3.63, 3.8) is 0 Å². The van der Waals surface area contributed by atoms with Crippen molar-refractivity contribution in [3.05, 3.63) is 131 Å². The first kappa shape index (κ1) is 22.8. The van der Waals surface area contributed by atoms with Gasteiger partial charge in [0.2, 0.25) is 0 Å². The molecule has 0 heteroatoms. The van der Waals surface area contributed by atoms with Crippen LogP contribution in [0.1, 0.15) is 73.6 Å². The van der Waals surface area contributed by atoms with Gasteiger partial charge >= 0.3 is 0 Å². The van der Waals surface area contributed by atoms with Crippen LogP contribution in [0.3, 0.4) is 0 Å². The van der Waals surface area contributed by atoms with Crippen LogP contribution in [0.25, 0.3) is 11.1 Å². The van der Waals surface area contributed by atoms with Crippen molar-refractivity contribution in [2.24, 2.45) is 23.7 Å². The molecule has 4 bridgehead atoms. The topological polar surface area (TPSA) is 0 Å². The molecule has 0 heterocycles. The molecule has 4 fully saturated rings. The summed E-state index contributed by atoms with van der Waals surface area (Å²) in [5.41, 5.74) is 9.29. The Morgan fingerprint density at radius 2 is 0.579 bits per heavy atom. The Bertz CT molecular complexity index is 1260. The maximum Gasteiger partial charge on any atom is 0.0259 e. The van der Waals surface area contributed by atoms with Crippen molar-refractivity contribution in [1.82, 2.24) is 0 Å². The quantitative estimate of drug-likeness (QED) is 0.259. The second kappa shape index (κ2) is 8.70. The van der Waals surface area contributed by atoms with Crippen LogP contribution in [-0.4, -0.2) is 0 Å². The molecular formula is C38H38. The Balaban J connectivity index is 1.15. The fourth-order valence-corrected chi connectivity index (χ4v) is 10.2. The first-order valence-corrected chi connectivity index (χ1v) is 15.1. The number of benzene rings is 4. The lowest BCUT2D eigenvalue weighted by molar-refractivity contribution is 0.390. The Kier molecular flexibility index (Phi) is 5.23. The predicted octanol–water partition coefficient (Wildman–Crippen LogP) is 9.57. The van der Waals surface area contributed by atoms with E-state index in [1.165, 1.54) is 62.5 Å². The molecule has 0 aromatic heterocycles. The smallest absolute Gasteiger partial charge is 0.0259 e. The molecular weight excluding hydrogens is 456 g/mol. The SMILES string of the molecule is c1ccc(C2(c3ccc(-c4ccc(C5(c6ccccc6)C6CCC5CC6)cc4)cc3)C3CCC2CC3)cc1. The summed E-state index contributed by atoms with van der Waals surface area (Å²) in [5, 5.41) is 0. The van der Waals surface area contributed by atoms with Gasteiger partial charge in [0.05, 0.1) is 0 Å². The Labute approximate surface area is 228 Å². The molecule has 4 aliphatic carbocycles. The largest absolute Gasteiger partial charge is 0.0622 e. The third-order valence-corrected chi connectivity index (χ3v) is 11.6. The van der Waals surface area contributed by atoms with Gasteiger partial charge in [-0.25, -0.2) is 0 Å². The van der Waals surface area contributed by atoms with E-state index in [1.54, 1.807) is 22.3 Å². The van der Waals surface area contributed by atoms with Crippen LogP contribution in [0.2, 0.25) is 0 Å². The van der Waals surface area contributed by atoms with Gasteiger partial charge in [-0.2, -0.15) is 0 Å². The normalized spacial score (nSPS) is 33.2. The van der Waals surface area contributed by atoms with Gasteiger partial charge in [0.25, 0.3) is 0 Å². The molecule has 0 spiro atoms.